The predicted molar refractivity (Wildman–Crippen MR) is 85.3 cm³/mol. The number of nitrogens with two attached hydrogens (primary N) is 1. The lowest BCUT2D eigenvalue weighted by molar-refractivity contribution is 0.0115. The molecule has 0 bridgehead atoms. The molecule has 19 heavy (non-hydrogen) atoms. The van der Waals surface area contributed by atoms with Gasteiger partial charge in [-0.15, -0.1) is 0 Å². The summed E-state index contributed by atoms with van der Waals surface area (Å²) >= 11 is 0. The molecular formula is C17H36N2. The fraction of sp³-hybridized carbons (Fsp3) is 1.00. The van der Waals surface area contributed by atoms with Gasteiger partial charge in [0.25, 0.3) is 0 Å². The van der Waals surface area contributed by atoms with Gasteiger partial charge in [0, 0.05) is 18.1 Å². The summed E-state index contributed by atoms with van der Waals surface area (Å²) in [6.07, 6.45) is 6.71. The average Bonchev–Trinajstić information content (AvgIpc) is 2.36. The van der Waals surface area contributed by atoms with E-state index in [0.29, 0.717) is 12.0 Å². The number of likely N-dealkylation sites (N-methyl/N-ethyl adjacent to an activating group) is 1. The lowest BCUT2D eigenvalue weighted by Gasteiger charge is -2.50. The Bertz CT molecular complexity index is 262. The number of hydrogen-bond acceptors (Lipinski definition) is 2. The molecule has 0 amide bonds. The third kappa shape index (κ3) is 4.19. The predicted octanol–water partition coefficient (Wildman–Crippen LogP) is 3.90. The van der Waals surface area contributed by atoms with Gasteiger partial charge in [-0.3, -0.25) is 4.90 Å². The maximum atomic E-state index is 6.23. The van der Waals surface area contributed by atoms with Crippen LogP contribution >= 0.6 is 0 Å². The molecule has 0 aromatic rings. The van der Waals surface area contributed by atoms with Crippen molar-refractivity contribution in [2.24, 2.45) is 23.5 Å². The van der Waals surface area contributed by atoms with Gasteiger partial charge >= 0.3 is 0 Å². The molecule has 2 N–H and O–H groups in total. The third-order valence-electron chi connectivity index (χ3n) is 5.43. The minimum absolute atomic E-state index is 0.251. The Morgan fingerprint density at radius 2 is 1.84 bits per heavy atom. The lowest BCUT2D eigenvalue weighted by Crippen LogP contribution is -2.58. The molecule has 2 heteroatoms. The van der Waals surface area contributed by atoms with Gasteiger partial charge in [-0.05, 0) is 51.0 Å². The molecule has 0 radical (unpaired) electrons. The van der Waals surface area contributed by atoms with Crippen LogP contribution in [0.3, 0.4) is 0 Å². The molecule has 1 fully saturated rings. The van der Waals surface area contributed by atoms with Crippen LogP contribution in [0.5, 0.6) is 0 Å². The van der Waals surface area contributed by atoms with E-state index in [1.54, 1.807) is 0 Å². The number of rotatable bonds is 6. The Kier molecular flexibility index (Phi) is 6.32. The summed E-state index contributed by atoms with van der Waals surface area (Å²) in [4.78, 5) is 2.60. The summed E-state index contributed by atoms with van der Waals surface area (Å²) in [5.74, 6) is 2.38. The van der Waals surface area contributed by atoms with Crippen molar-refractivity contribution < 1.29 is 0 Å². The largest absolute Gasteiger partial charge is 0.329 e. The maximum absolute atomic E-state index is 6.23. The second kappa shape index (κ2) is 7.08. The molecule has 0 aromatic carbocycles. The van der Waals surface area contributed by atoms with Gasteiger partial charge < -0.3 is 5.73 Å². The summed E-state index contributed by atoms with van der Waals surface area (Å²) in [5.41, 5.74) is 6.48. The first-order valence-corrected chi connectivity index (χ1v) is 8.25. The highest BCUT2D eigenvalue weighted by Gasteiger charge is 2.40. The Labute approximate surface area is 121 Å². The monoisotopic (exact) mass is 268 g/mol. The van der Waals surface area contributed by atoms with Gasteiger partial charge in [0.2, 0.25) is 0 Å². The summed E-state index contributed by atoms with van der Waals surface area (Å²) in [6.45, 7) is 12.5. The van der Waals surface area contributed by atoms with Crippen molar-refractivity contribution in [1.82, 2.24) is 4.90 Å². The van der Waals surface area contributed by atoms with Crippen molar-refractivity contribution in [2.45, 2.75) is 78.3 Å². The van der Waals surface area contributed by atoms with Gasteiger partial charge in [-0.2, -0.15) is 0 Å². The fourth-order valence-electron chi connectivity index (χ4n) is 3.86. The Morgan fingerprint density at radius 3 is 2.32 bits per heavy atom. The summed E-state index contributed by atoms with van der Waals surface area (Å²) in [7, 11) is 2.30. The highest BCUT2D eigenvalue weighted by atomic mass is 15.2. The van der Waals surface area contributed by atoms with E-state index in [1.807, 2.05) is 0 Å². The normalized spacial score (nSPS) is 30.3. The van der Waals surface area contributed by atoms with E-state index in [0.717, 1.165) is 18.4 Å². The van der Waals surface area contributed by atoms with Crippen LogP contribution in [0.1, 0.15) is 66.7 Å². The van der Waals surface area contributed by atoms with Crippen molar-refractivity contribution >= 4 is 0 Å². The molecule has 3 unspecified atom stereocenters. The third-order valence-corrected chi connectivity index (χ3v) is 5.43. The van der Waals surface area contributed by atoms with Crippen molar-refractivity contribution in [3.8, 4) is 0 Å². The average molecular weight is 268 g/mol. The van der Waals surface area contributed by atoms with Crippen molar-refractivity contribution in [2.75, 3.05) is 13.6 Å². The van der Waals surface area contributed by atoms with E-state index in [-0.39, 0.29) is 5.54 Å². The molecule has 1 aliphatic carbocycles. The van der Waals surface area contributed by atoms with Crippen molar-refractivity contribution in [3.63, 3.8) is 0 Å². The first-order valence-electron chi connectivity index (χ1n) is 8.25. The lowest BCUT2D eigenvalue weighted by atomic mass is 9.71. The molecule has 0 spiro atoms. The quantitative estimate of drug-likeness (QED) is 0.791. The van der Waals surface area contributed by atoms with E-state index >= 15 is 0 Å². The summed E-state index contributed by atoms with van der Waals surface area (Å²) in [5, 5.41) is 0. The Balaban J connectivity index is 2.78. The van der Waals surface area contributed by atoms with Gasteiger partial charge in [0.1, 0.15) is 0 Å². The molecule has 1 rings (SSSR count). The van der Waals surface area contributed by atoms with Crippen molar-refractivity contribution in [3.05, 3.63) is 0 Å². The molecule has 0 heterocycles. The molecular weight excluding hydrogens is 232 g/mol. The zero-order valence-electron chi connectivity index (χ0n) is 14.1. The molecule has 0 aliphatic heterocycles. The molecule has 3 atom stereocenters. The van der Waals surface area contributed by atoms with Gasteiger partial charge in [0.05, 0.1) is 0 Å². The van der Waals surface area contributed by atoms with E-state index in [1.165, 1.54) is 32.1 Å². The first-order chi connectivity index (χ1) is 8.82. The van der Waals surface area contributed by atoms with Crippen LogP contribution in [0.25, 0.3) is 0 Å². The summed E-state index contributed by atoms with van der Waals surface area (Å²) < 4.78 is 0. The second-order valence-corrected chi connectivity index (χ2v) is 7.62. The smallest absolute Gasteiger partial charge is 0.0334 e. The highest BCUT2D eigenvalue weighted by Crippen LogP contribution is 2.39. The van der Waals surface area contributed by atoms with Gasteiger partial charge in [0.15, 0.2) is 0 Å². The molecule has 114 valence electrons. The van der Waals surface area contributed by atoms with E-state index in [9.17, 15) is 0 Å². The minimum Gasteiger partial charge on any atom is -0.329 e. The highest BCUT2D eigenvalue weighted by molar-refractivity contribution is 4.97. The zero-order chi connectivity index (χ0) is 14.6. The SMILES string of the molecule is CC(C)CC1CCCC(CN)(N(C)C(C)C(C)C)C1. The van der Waals surface area contributed by atoms with Crippen LogP contribution < -0.4 is 5.73 Å². The van der Waals surface area contributed by atoms with E-state index in [2.05, 4.69) is 46.6 Å². The second-order valence-electron chi connectivity index (χ2n) is 7.62. The molecule has 0 aromatic heterocycles. The number of hydrogen-bond donors (Lipinski definition) is 1. The Morgan fingerprint density at radius 1 is 1.21 bits per heavy atom. The first kappa shape index (κ1) is 17.0. The Hall–Kier alpha value is -0.0800. The molecule has 1 aliphatic rings. The summed E-state index contributed by atoms with van der Waals surface area (Å²) in [6, 6.07) is 0.612. The zero-order valence-corrected chi connectivity index (χ0v) is 14.1. The van der Waals surface area contributed by atoms with Crippen LogP contribution in [0.2, 0.25) is 0 Å². The standard InChI is InChI=1S/C17H36N2/c1-13(2)10-16-8-7-9-17(11-16,12-18)19(6)15(5)14(3)4/h13-16H,7-12,18H2,1-6H3. The molecule has 2 nitrogen and oxygen atoms in total. The fourth-order valence-corrected chi connectivity index (χ4v) is 3.86. The topological polar surface area (TPSA) is 29.3 Å². The minimum atomic E-state index is 0.251. The van der Waals surface area contributed by atoms with Gasteiger partial charge in [-0.25, -0.2) is 0 Å². The van der Waals surface area contributed by atoms with Crippen molar-refractivity contribution in [1.29, 1.82) is 0 Å². The van der Waals surface area contributed by atoms with Crippen LogP contribution in [0, 0.1) is 17.8 Å². The van der Waals surface area contributed by atoms with Gasteiger partial charge in [-0.1, -0.05) is 40.5 Å². The van der Waals surface area contributed by atoms with E-state index in [4.69, 9.17) is 5.73 Å². The maximum Gasteiger partial charge on any atom is 0.0334 e. The van der Waals surface area contributed by atoms with E-state index < -0.39 is 0 Å². The van der Waals surface area contributed by atoms with Crippen LogP contribution in [0.4, 0.5) is 0 Å². The van der Waals surface area contributed by atoms with Crippen LogP contribution in [-0.2, 0) is 0 Å². The molecule has 0 saturated heterocycles. The number of nitrogens with zero attached hydrogens (tertiary/aromatic N) is 1. The van der Waals surface area contributed by atoms with Crippen LogP contribution in [0.15, 0.2) is 0 Å². The molecule has 1 saturated carbocycles. The van der Waals surface area contributed by atoms with Crippen LogP contribution in [-0.4, -0.2) is 30.1 Å².